The van der Waals surface area contributed by atoms with Gasteiger partial charge in [-0.1, -0.05) is 23.8 Å². The molecule has 0 radical (unpaired) electrons. The second-order valence-electron chi connectivity index (χ2n) is 5.43. The van der Waals surface area contributed by atoms with Gasteiger partial charge in [0, 0.05) is 18.1 Å². The number of hydrogen-bond acceptors (Lipinski definition) is 4. The Kier molecular flexibility index (Phi) is 4.81. The summed E-state index contributed by atoms with van der Waals surface area (Å²) in [5.74, 6) is 0.523. The number of amides is 1. The molecule has 1 amide bonds. The van der Waals surface area contributed by atoms with Crippen molar-refractivity contribution in [1.29, 1.82) is 0 Å². The zero-order chi connectivity index (χ0) is 16.8. The first-order valence-corrected chi connectivity index (χ1v) is 7.68. The van der Waals surface area contributed by atoms with Crippen molar-refractivity contribution in [3.8, 4) is 0 Å². The van der Waals surface area contributed by atoms with Crippen LogP contribution in [0.1, 0.15) is 21.6 Å². The van der Waals surface area contributed by atoms with E-state index in [4.69, 9.17) is 0 Å². The first-order valence-electron chi connectivity index (χ1n) is 7.68. The number of benzene rings is 1. The van der Waals surface area contributed by atoms with Crippen molar-refractivity contribution >= 4 is 17.4 Å². The van der Waals surface area contributed by atoms with E-state index in [1.807, 2.05) is 49.4 Å². The smallest absolute Gasteiger partial charge is 0.257 e. The summed E-state index contributed by atoms with van der Waals surface area (Å²) in [4.78, 5) is 20.7. The van der Waals surface area contributed by atoms with Crippen LogP contribution in [0.25, 0.3) is 0 Å². The Bertz CT molecular complexity index is 799. The molecule has 2 N–H and O–H groups in total. The van der Waals surface area contributed by atoms with E-state index in [-0.39, 0.29) is 5.91 Å². The van der Waals surface area contributed by atoms with Crippen molar-refractivity contribution in [3.63, 3.8) is 0 Å². The highest BCUT2D eigenvalue weighted by atomic mass is 16.1. The summed E-state index contributed by atoms with van der Waals surface area (Å²) in [6.45, 7) is 2.59. The molecule has 0 fully saturated rings. The molecule has 0 atom stereocenters. The van der Waals surface area contributed by atoms with Crippen LogP contribution in [0.15, 0.2) is 67.0 Å². The van der Waals surface area contributed by atoms with Crippen LogP contribution in [0.3, 0.4) is 0 Å². The molecule has 24 heavy (non-hydrogen) atoms. The fourth-order valence-electron chi connectivity index (χ4n) is 2.16. The van der Waals surface area contributed by atoms with Gasteiger partial charge in [-0.05, 0) is 43.3 Å². The Morgan fingerprint density at radius 3 is 2.50 bits per heavy atom. The van der Waals surface area contributed by atoms with Crippen molar-refractivity contribution < 1.29 is 4.79 Å². The van der Waals surface area contributed by atoms with Crippen LogP contribution in [-0.2, 0) is 6.54 Å². The van der Waals surface area contributed by atoms with Gasteiger partial charge in [-0.25, -0.2) is 4.98 Å². The molecule has 2 aromatic heterocycles. The van der Waals surface area contributed by atoms with Gasteiger partial charge < -0.3 is 10.6 Å². The monoisotopic (exact) mass is 318 g/mol. The fourth-order valence-corrected chi connectivity index (χ4v) is 2.16. The van der Waals surface area contributed by atoms with Gasteiger partial charge in [0.25, 0.3) is 5.91 Å². The maximum Gasteiger partial charge on any atom is 0.257 e. The molecule has 120 valence electrons. The number of rotatable bonds is 5. The molecule has 3 rings (SSSR count). The number of carbonyl (C=O) groups excluding carboxylic acids is 1. The van der Waals surface area contributed by atoms with Crippen molar-refractivity contribution in [2.75, 3.05) is 10.6 Å². The number of hydrogen-bond donors (Lipinski definition) is 2. The minimum Gasteiger partial charge on any atom is -0.364 e. The van der Waals surface area contributed by atoms with Gasteiger partial charge in [-0.2, -0.15) is 0 Å². The summed E-state index contributed by atoms with van der Waals surface area (Å²) in [6.07, 6.45) is 3.31. The predicted molar refractivity (Wildman–Crippen MR) is 94.9 cm³/mol. The predicted octanol–water partition coefficient (Wildman–Crippen LogP) is 3.65. The molecular formula is C19H18N4O. The van der Waals surface area contributed by atoms with E-state index in [0.29, 0.717) is 17.9 Å². The van der Waals surface area contributed by atoms with Gasteiger partial charge in [0.05, 0.1) is 17.8 Å². The lowest BCUT2D eigenvalue weighted by Crippen LogP contribution is -2.12. The van der Waals surface area contributed by atoms with Crippen LogP contribution in [0.2, 0.25) is 0 Å². The SMILES string of the molecule is Cc1ccc(NC(=O)c2ccc(NCc3ccccn3)nc2)cc1. The van der Waals surface area contributed by atoms with E-state index in [9.17, 15) is 4.79 Å². The topological polar surface area (TPSA) is 66.9 Å². The Hall–Kier alpha value is -3.21. The van der Waals surface area contributed by atoms with Gasteiger partial charge in [0.1, 0.15) is 5.82 Å². The second kappa shape index (κ2) is 7.37. The lowest BCUT2D eigenvalue weighted by atomic mass is 10.2. The molecule has 2 heterocycles. The molecule has 0 unspecified atom stereocenters. The average Bonchev–Trinajstić information content (AvgIpc) is 2.63. The summed E-state index contributed by atoms with van der Waals surface area (Å²) in [6, 6.07) is 17.0. The largest absolute Gasteiger partial charge is 0.364 e. The zero-order valence-electron chi connectivity index (χ0n) is 13.4. The van der Waals surface area contributed by atoms with Gasteiger partial charge in [-0.3, -0.25) is 9.78 Å². The van der Waals surface area contributed by atoms with Crippen molar-refractivity contribution in [1.82, 2.24) is 9.97 Å². The Morgan fingerprint density at radius 1 is 1.00 bits per heavy atom. The van der Waals surface area contributed by atoms with E-state index < -0.39 is 0 Å². The molecule has 0 bridgehead atoms. The minimum atomic E-state index is -0.178. The van der Waals surface area contributed by atoms with Crippen LogP contribution < -0.4 is 10.6 Å². The van der Waals surface area contributed by atoms with E-state index in [0.717, 1.165) is 16.9 Å². The van der Waals surface area contributed by atoms with Crippen LogP contribution in [0.4, 0.5) is 11.5 Å². The molecular weight excluding hydrogens is 300 g/mol. The molecule has 0 aliphatic heterocycles. The number of carbonyl (C=O) groups is 1. The molecule has 0 aliphatic rings. The van der Waals surface area contributed by atoms with Crippen LogP contribution in [0, 0.1) is 6.92 Å². The maximum absolute atomic E-state index is 12.2. The lowest BCUT2D eigenvalue weighted by molar-refractivity contribution is 0.102. The van der Waals surface area contributed by atoms with Gasteiger partial charge in [0.15, 0.2) is 0 Å². The molecule has 3 aromatic rings. The third kappa shape index (κ3) is 4.16. The van der Waals surface area contributed by atoms with Crippen LogP contribution in [-0.4, -0.2) is 15.9 Å². The van der Waals surface area contributed by atoms with Crippen molar-refractivity contribution in [3.05, 3.63) is 83.8 Å². The summed E-state index contributed by atoms with van der Waals surface area (Å²) >= 11 is 0. The highest BCUT2D eigenvalue weighted by Crippen LogP contribution is 2.12. The number of aromatic nitrogens is 2. The summed E-state index contributed by atoms with van der Waals surface area (Å²) in [5.41, 5.74) is 3.36. The molecule has 5 nitrogen and oxygen atoms in total. The molecule has 0 spiro atoms. The molecule has 1 aromatic carbocycles. The third-order valence-corrected chi connectivity index (χ3v) is 3.51. The quantitative estimate of drug-likeness (QED) is 0.753. The number of nitrogens with zero attached hydrogens (tertiary/aromatic N) is 2. The van der Waals surface area contributed by atoms with Crippen LogP contribution in [0.5, 0.6) is 0 Å². The average molecular weight is 318 g/mol. The summed E-state index contributed by atoms with van der Waals surface area (Å²) in [7, 11) is 0. The molecule has 0 saturated carbocycles. The Morgan fingerprint density at radius 2 is 1.83 bits per heavy atom. The zero-order valence-corrected chi connectivity index (χ0v) is 13.4. The fraction of sp³-hybridized carbons (Fsp3) is 0.105. The van der Waals surface area contributed by atoms with Crippen LogP contribution >= 0.6 is 0 Å². The lowest BCUT2D eigenvalue weighted by Gasteiger charge is -2.07. The first kappa shape index (κ1) is 15.7. The standard InChI is InChI=1S/C19H18N4O/c1-14-5-8-16(9-6-14)23-19(24)15-7-10-18(21-12-15)22-13-17-4-2-3-11-20-17/h2-12H,13H2,1H3,(H,21,22)(H,23,24). The third-order valence-electron chi connectivity index (χ3n) is 3.51. The van der Waals surface area contributed by atoms with Gasteiger partial charge in [-0.15, -0.1) is 0 Å². The van der Waals surface area contributed by atoms with E-state index >= 15 is 0 Å². The number of pyridine rings is 2. The van der Waals surface area contributed by atoms with E-state index in [1.54, 1.807) is 24.5 Å². The normalized spacial score (nSPS) is 10.2. The second-order valence-corrected chi connectivity index (χ2v) is 5.43. The molecule has 0 aliphatic carbocycles. The minimum absolute atomic E-state index is 0.178. The highest BCUT2D eigenvalue weighted by Gasteiger charge is 2.06. The number of anilines is 2. The maximum atomic E-state index is 12.2. The van der Waals surface area contributed by atoms with Crippen molar-refractivity contribution in [2.24, 2.45) is 0 Å². The van der Waals surface area contributed by atoms with Gasteiger partial charge in [0.2, 0.25) is 0 Å². The van der Waals surface area contributed by atoms with E-state index in [2.05, 4.69) is 20.6 Å². The molecule has 5 heteroatoms. The van der Waals surface area contributed by atoms with E-state index in [1.165, 1.54) is 0 Å². The van der Waals surface area contributed by atoms with Gasteiger partial charge >= 0.3 is 0 Å². The summed E-state index contributed by atoms with van der Waals surface area (Å²) in [5, 5.41) is 6.03. The highest BCUT2D eigenvalue weighted by molar-refractivity contribution is 6.04. The summed E-state index contributed by atoms with van der Waals surface area (Å²) < 4.78 is 0. The Labute approximate surface area is 140 Å². The first-order chi connectivity index (χ1) is 11.7. The van der Waals surface area contributed by atoms with Crippen molar-refractivity contribution in [2.45, 2.75) is 13.5 Å². The number of nitrogens with one attached hydrogen (secondary N) is 2. The number of aryl methyl sites for hydroxylation is 1. The Balaban J connectivity index is 1.59. The molecule has 0 saturated heterocycles.